The first kappa shape index (κ1) is 13.6. The van der Waals surface area contributed by atoms with E-state index < -0.39 is 0 Å². The molecular formula is C15H18ClNS. The van der Waals surface area contributed by atoms with Crippen molar-refractivity contribution >= 4 is 22.9 Å². The van der Waals surface area contributed by atoms with Gasteiger partial charge in [-0.2, -0.15) is 0 Å². The molecule has 1 nitrogen and oxygen atoms in total. The normalized spacial score (nSPS) is 12.7. The quantitative estimate of drug-likeness (QED) is 0.842. The van der Waals surface area contributed by atoms with E-state index in [0.717, 1.165) is 11.6 Å². The highest BCUT2D eigenvalue weighted by Gasteiger charge is 2.07. The third kappa shape index (κ3) is 3.35. The molecule has 0 amide bonds. The number of thiophene rings is 1. The van der Waals surface area contributed by atoms with E-state index in [-0.39, 0.29) is 0 Å². The monoisotopic (exact) mass is 279 g/mol. The van der Waals surface area contributed by atoms with Gasteiger partial charge in [0.25, 0.3) is 0 Å². The predicted molar refractivity (Wildman–Crippen MR) is 80.5 cm³/mol. The smallest absolute Gasteiger partial charge is 0.0406 e. The molecular weight excluding hydrogens is 262 g/mol. The number of rotatable bonds is 4. The number of benzene rings is 1. The highest BCUT2D eigenvalue weighted by Crippen LogP contribution is 2.22. The van der Waals surface area contributed by atoms with Gasteiger partial charge in [0.2, 0.25) is 0 Å². The van der Waals surface area contributed by atoms with Gasteiger partial charge in [-0.3, -0.25) is 0 Å². The maximum atomic E-state index is 5.89. The SMILES string of the molecule is Cc1cc(CNC(C)c2ccc(Cl)cc2)c(C)s1. The van der Waals surface area contributed by atoms with E-state index in [0.29, 0.717) is 6.04 Å². The Balaban J connectivity index is 1.98. The van der Waals surface area contributed by atoms with E-state index in [4.69, 9.17) is 11.6 Å². The lowest BCUT2D eigenvalue weighted by Gasteiger charge is -2.14. The van der Waals surface area contributed by atoms with Crippen LogP contribution in [0.4, 0.5) is 0 Å². The summed E-state index contributed by atoms with van der Waals surface area (Å²) in [4.78, 5) is 2.78. The lowest BCUT2D eigenvalue weighted by atomic mass is 10.1. The minimum absolute atomic E-state index is 0.335. The minimum Gasteiger partial charge on any atom is -0.306 e. The maximum Gasteiger partial charge on any atom is 0.0406 e. The molecule has 18 heavy (non-hydrogen) atoms. The van der Waals surface area contributed by atoms with Crippen LogP contribution in [0.1, 0.15) is 33.8 Å². The molecule has 0 bridgehead atoms. The van der Waals surface area contributed by atoms with Crippen molar-refractivity contribution in [3.8, 4) is 0 Å². The van der Waals surface area contributed by atoms with Gasteiger partial charge < -0.3 is 5.32 Å². The van der Waals surface area contributed by atoms with Crippen molar-refractivity contribution in [3.63, 3.8) is 0 Å². The summed E-state index contributed by atoms with van der Waals surface area (Å²) in [6.45, 7) is 7.43. The van der Waals surface area contributed by atoms with Gasteiger partial charge in [-0.25, -0.2) is 0 Å². The Hall–Kier alpha value is -0.830. The van der Waals surface area contributed by atoms with E-state index in [1.807, 2.05) is 23.5 Å². The van der Waals surface area contributed by atoms with Crippen LogP contribution < -0.4 is 5.32 Å². The number of aryl methyl sites for hydroxylation is 2. The zero-order chi connectivity index (χ0) is 13.1. The number of nitrogens with one attached hydrogen (secondary N) is 1. The molecule has 1 unspecified atom stereocenters. The van der Waals surface area contributed by atoms with Crippen LogP contribution in [0.5, 0.6) is 0 Å². The Morgan fingerprint density at radius 3 is 2.44 bits per heavy atom. The van der Waals surface area contributed by atoms with Crippen molar-refractivity contribution in [2.24, 2.45) is 0 Å². The molecule has 0 spiro atoms. The highest BCUT2D eigenvalue weighted by molar-refractivity contribution is 7.12. The van der Waals surface area contributed by atoms with Gasteiger partial charge in [-0.1, -0.05) is 23.7 Å². The number of hydrogen-bond acceptors (Lipinski definition) is 2. The molecule has 0 radical (unpaired) electrons. The summed E-state index contributed by atoms with van der Waals surface area (Å²) >= 11 is 7.76. The predicted octanol–water partition coefficient (Wildman–Crippen LogP) is 4.87. The molecule has 96 valence electrons. The Labute approximate surface area is 118 Å². The van der Waals surface area contributed by atoms with E-state index in [1.54, 1.807) is 0 Å². The van der Waals surface area contributed by atoms with Gasteiger partial charge >= 0.3 is 0 Å². The number of halogens is 1. The van der Waals surface area contributed by atoms with Crippen LogP contribution in [0.3, 0.4) is 0 Å². The summed E-state index contributed by atoms with van der Waals surface area (Å²) in [5.74, 6) is 0. The average Bonchev–Trinajstić information content (AvgIpc) is 2.66. The van der Waals surface area contributed by atoms with Gasteiger partial charge in [0.1, 0.15) is 0 Å². The molecule has 1 atom stereocenters. The summed E-state index contributed by atoms with van der Waals surface area (Å²) < 4.78 is 0. The summed E-state index contributed by atoms with van der Waals surface area (Å²) in [5, 5.41) is 4.34. The molecule has 0 aliphatic rings. The Morgan fingerprint density at radius 1 is 1.22 bits per heavy atom. The van der Waals surface area contributed by atoms with Crippen molar-refractivity contribution in [2.75, 3.05) is 0 Å². The van der Waals surface area contributed by atoms with Crippen LogP contribution in [0.2, 0.25) is 5.02 Å². The highest BCUT2D eigenvalue weighted by atomic mass is 35.5. The zero-order valence-corrected chi connectivity index (χ0v) is 12.5. The molecule has 1 N–H and O–H groups in total. The fourth-order valence-corrected chi connectivity index (χ4v) is 3.06. The molecule has 2 rings (SSSR count). The lowest BCUT2D eigenvalue weighted by Crippen LogP contribution is -2.18. The van der Waals surface area contributed by atoms with Crippen molar-refractivity contribution in [1.82, 2.24) is 5.32 Å². The molecule has 1 heterocycles. The molecule has 3 heteroatoms. The first-order valence-corrected chi connectivity index (χ1v) is 7.30. The van der Waals surface area contributed by atoms with E-state index in [2.05, 4.69) is 44.3 Å². The van der Waals surface area contributed by atoms with Gasteiger partial charge in [0.05, 0.1) is 0 Å². The fourth-order valence-electron chi connectivity index (χ4n) is 1.99. The van der Waals surface area contributed by atoms with Crippen LogP contribution in [-0.2, 0) is 6.54 Å². The standard InChI is InChI=1S/C15H18ClNS/c1-10-8-14(12(3)18-10)9-17-11(2)13-4-6-15(16)7-5-13/h4-8,11,17H,9H2,1-3H3. The summed E-state index contributed by atoms with van der Waals surface area (Å²) in [5.41, 5.74) is 2.67. The second kappa shape index (κ2) is 5.87. The van der Waals surface area contributed by atoms with Crippen LogP contribution in [-0.4, -0.2) is 0 Å². The van der Waals surface area contributed by atoms with Crippen molar-refractivity contribution in [1.29, 1.82) is 0 Å². The number of hydrogen-bond donors (Lipinski definition) is 1. The van der Waals surface area contributed by atoms with Crippen LogP contribution in [0.25, 0.3) is 0 Å². The summed E-state index contributed by atoms with van der Waals surface area (Å²) in [7, 11) is 0. The van der Waals surface area contributed by atoms with Gasteiger partial charge in [0, 0.05) is 27.4 Å². The van der Waals surface area contributed by atoms with E-state index >= 15 is 0 Å². The summed E-state index contributed by atoms with van der Waals surface area (Å²) in [6, 6.07) is 10.6. The molecule has 0 saturated carbocycles. The van der Waals surface area contributed by atoms with Gasteiger partial charge in [0.15, 0.2) is 0 Å². The molecule has 0 aliphatic carbocycles. The van der Waals surface area contributed by atoms with Gasteiger partial charge in [-0.05, 0) is 50.1 Å². The van der Waals surface area contributed by atoms with Gasteiger partial charge in [-0.15, -0.1) is 11.3 Å². The maximum absolute atomic E-state index is 5.89. The topological polar surface area (TPSA) is 12.0 Å². The van der Waals surface area contributed by atoms with E-state index in [9.17, 15) is 0 Å². The van der Waals surface area contributed by atoms with E-state index in [1.165, 1.54) is 20.9 Å². The summed E-state index contributed by atoms with van der Waals surface area (Å²) in [6.07, 6.45) is 0. The molecule has 2 aromatic rings. The van der Waals surface area contributed by atoms with Crippen molar-refractivity contribution < 1.29 is 0 Å². The Bertz CT molecular complexity index is 516. The molecule has 0 aliphatic heterocycles. The van der Waals surface area contributed by atoms with Crippen LogP contribution >= 0.6 is 22.9 Å². The molecule has 0 fully saturated rings. The van der Waals surface area contributed by atoms with Crippen molar-refractivity contribution in [3.05, 3.63) is 56.2 Å². The largest absolute Gasteiger partial charge is 0.306 e. The molecule has 0 saturated heterocycles. The third-order valence-corrected chi connectivity index (χ3v) is 4.37. The average molecular weight is 280 g/mol. The first-order chi connectivity index (χ1) is 8.56. The third-order valence-electron chi connectivity index (χ3n) is 3.11. The second-order valence-electron chi connectivity index (χ2n) is 4.59. The molecule has 1 aromatic heterocycles. The first-order valence-electron chi connectivity index (χ1n) is 6.11. The van der Waals surface area contributed by atoms with Crippen molar-refractivity contribution in [2.45, 2.75) is 33.4 Å². The Morgan fingerprint density at radius 2 is 1.89 bits per heavy atom. The van der Waals surface area contributed by atoms with Crippen LogP contribution in [0.15, 0.2) is 30.3 Å². The zero-order valence-electron chi connectivity index (χ0n) is 11.0. The minimum atomic E-state index is 0.335. The molecule has 1 aromatic carbocycles. The fraction of sp³-hybridized carbons (Fsp3) is 0.333. The Kier molecular flexibility index (Phi) is 4.44. The lowest BCUT2D eigenvalue weighted by molar-refractivity contribution is 0.574. The second-order valence-corrected chi connectivity index (χ2v) is 6.49. The van der Waals surface area contributed by atoms with Crippen LogP contribution in [0, 0.1) is 13.8 Å².